The van der Waals surface area contributed by atoms with Gasteiger partial charge in [0, 0.05) is 12.1 Å². The molecule has 4 N–H and O–H groups in total. The molecule has 2 aliphatic carbocycles. The fourth-order valence-corrected chi connectivity index (χ4v) is 6.02. The highest BCUT2D eigenvalue weighted by molar-refractivity contribution is 4.98. The molecule has 0 aromatic heterocycles. The monoisotopic (exact) mass is 322 g/mol. The summed E-state index contributed by atoms with van der Waals surface area (Å²) in [5.41, 5.74) is 13.4. The van der Waals surface area contributed by atoms with Gasteiger partial charge in [0.25, 0.3) is 0 Å². The third-order valence-corrected chi connectivity index (χ3v) is 7.82. The number of nitrogens with two attached hydrogens (primary N) is 2. The Labute approximate surface area is 145 Å². The molecule has 2 heteroatoms. The van der Waals surface area contributed by atoms with E-state index in [0.717, 1.165) is 23.7 Å². The maximum atomic E-state index is 6.73. The summed E-state index contributed by atoms with van der Waals surface area (Å²) in [7, 11) is 0. The van der Waals surface area contributed by atoms with Gasteiger partial charge in [-0.3, -0.25) is 0 Å². The molecule has 6 atom stereocenters. The van der Waals surface area contributed by atoms with E-state index in [1.807, 2.05) is 0 Å². The second-order valence-electron chi connectivity index (χ2n) is 8.82. The van der Waals surface area contributed by atoms with Gasteiger partial charge in [-0.1, -0.05) is 40.5 Å². The van der Waals surface area contributed by atoms with Gasteiger partial charge in [-0.2, -0.15) is 0 Å². The smallest absolute Gasteiger partial charge is 0.0124 e. The topological polar surface area (TPSA) is 52.0 Å². The quantitative estimate of drug-likeness (QED) is 0.714. The SMILES string of the molecule is CCC1CC(CC2CC(CC)C(N)C(CC)(CC)C2)CCC1N. The second-order valence-corrected chi connectivity index (χ2v) is 8.82. The third-order valence-electron chi connectivity index (χ3n) is 7.82. The first-order valence-electron chi connectivity index (χ1n) is 10.5. The van der Waals surface area contributed by atoms with Crippen LogP contribution in [0, 0.1) is 29.1 Å². The zero-order valence-corrected chi connectivity index (χ0v) is 16.2. The average Bonchev–Trinajstić information content (AvgIpc) is 2.58. The zero-order valence-electron chi connectivity index (χ0n) is 16.2. The summed E-state index contributed by atoms with van der Waals surface area (Å²) in [6, 6.07) is 0.881. The molecular formula is C21H42N2. The van der Waals surface area contributed by atoms with E-state index >= 15 is 0 Å². The molecule has 2 rings (SSSR count). The minimum absolute atomic E-state index is 0.402. The highest BCUT2D eigenvalue weighted by atomic mass is 14.7. The van der Waals surface area contributed by atoms with Crippen LogP contribution in [0.3, 0.4) is 0 Å². The van der Waals surface area contributed by atoms with Crippen LogP contribution in [0.15, 0.2) is 0 Å². The van der Waals surface area contributed by atoms with Gasteiger partial charge in [-0.25, -0.2) is 0 Å². The van der Waals surface area contributed by atoms with Crippen molar-refractivity contribution in [2.75, 3.05) is 0 Å². The van der Waals surface area contributed by atoms with E-state index < -0.39 is 0 Å². The lowest BCUT2D eigenvalue weighted by Crippen LogP contribution is -2.51. The number of rotatable bonds is 6. The summed E-state index contributed by atoms with van der Waals surface area (Å²) in [6.45, 7) is 9.39. The van der Waals surface area contributed by atoms with Crippen molar-refractivity contribution >= 4 is 0 Å². The lowest BCUT2D eigenvalue weighted by molar-refractivity contribution is 0.0343. The van der Waals surface area contributed by atoms with Crippen LogP contribution in [-0.4, -0.2) is 12.1 Å². The van der Waals surface area contributed by atoms with Crippen molar-refractivity contribution < 1.29 is 0 Å². The number of hydrogen-bond acceptors (Lipinski definition) is 2. The van der Waals surface area contributed by atoms with Gasteiger partial charge in [-0.05, 0) is 80.5 Å². The summed E-state index contributed by atoms with van der Waals surface area (Å²) in [6.07, 6.45) is 13.2. The Kier molecular flexibility index (Phi) is 6.98. The lowest BCUT2D eigenvalue weighted by Gasteiger charge is -2.50. The molecule has 136 valence electrons. The average molecular weight is 323 g/mol. The van der Waals surface area contributed by atoms with E-state index in [4.69, 9.17) is 11.5 Å². The predicted octanol–water partition coefficient (Wildman–Crippen LogP) is 5.10. The van der Waals surface area contributed by atoms with E-state index in [1.165, 1.54) is 64.2 Å². The first-order valence-corrected chi connectivity index (χ1v) is 10.5. The Morgan fingerprint density at radius 1 is 0.826 bits per heavy atom. The van der Waals surface area contributed by atoms with Gasteiger partial charge < -0.3 is 11.5 Å². The fraction of sp³-hybridized carbons (Fsp3) is 1.00. The van der Waals surface area contributed by atoms with Crippen LogP contribution in [0.5, 0.6) is 0 Å². The molecule has 0 heterocycles. The first kappa shape index (κ1) is 19.2. The molecule has 0 spiro atoms. The van der Waals surface area contributed by atoms with E-state index in [2.05, 4.69) is 27.7 Å². The maximum Gasteiger partial charge on any atom is 0.0124 e. The van der Waals surface area contributed by atoms with Gasteiger partial charge in [0.2, 0.25) is 0 Å². The molecule has 23 heavy (non-hydrogen) atoms. The maximum absolute atomic E-state index is 6.73. The zero-order chi connectivity index (χ0) is 17.0. The summed E-state index contributed by atoms with van der Waals surface area (Å²) in [4.78, 5) is 0. The first-order chi connectivity index (χ1) is 11.0. The normalized spacial score (nSPS) is 41.0. The highest BCUT2D eigenvalue weighted by Gasteiger charge is 2.44. The Hall–Kier alpha value is -0.0800. The Bertz CT molecular complexity index is 350. The number of hydrogen-bond donors (Lipinski definition) is 2. The Morgan fingerprint density at radius 2 is 1.43 bits per heavy atom. The molecule has 2 aliphatic rings. The van der Waals surface area contributed by atoms with Crippen molar-refractivity contribution in [1.82, 2.24) is 0 Å². The molecule has 0 aliphatic heterocycles. The summed E-state index contributed by atoms with van der Waals surface area (Å²) in [5.74, 6) is 3.32. The summed E-state index contributed by atoms with van der Waals surface area (Å²) in [5, 5.41) is 0. The molecule has 0 amide bonds. The molecule has 2 saturated carbocycles. The van der Waals surface area contributed by atoms with E-state index in [0.29, 0.717) is 17.5 Å². The minimum atomic E-state index is 0.402. The standard InChI is InChI=1S/C21H42N2/c1-5-17-12-15(9-10-19(17)22)11-16-13-18(6-2)20(23)21(7-3,8-4)14-16/h15-20H,5-14,22-23H2,1-4H3. The molecule has 0 aromatic carbocycles. The van der Waals surface area contributed by atoms with Crippen LogP contribution in [0.1, 0.15) is 91.9 Å². The van der Waals surface area contributed by atoms with Crippen LogP contribution in [0.2, 0.25) is 0 Å². The third kappa shape index (κ3) is 4.12. The van der Waals surface area contributed by atoms with Gasteiger partial charge >= 0.3 is 0 Å². The van der Waals surface area contributed by atoms with Gasteiger partial charge in [0.05, 0.1) is 0 Å². The van der Waals surface area contributed by atoms with Gasteiger partial charge in [0.15, 0.2) is 0 Å². The lowest BCUT2D eigenvalue weighted by atomic mass is 9.57. The molecule has 0 saturated heterocycles. The molecular weight excluding hydrogens is 280 g/mol. The highest BCUT2D eigenvalue weighted by Crippen LogP contribution is 2.49. The van der Waals surface area contributed by atoms with Crippen LogP contribution in [0.25, 0.3) is 0 Å². The van der Waals surface area contributed by atoms with Crippen LogP contribution in [0.4, 0.5) is 0 Å². The summed E-state index contributed by atoms with van der Waals surface area (Å²) >= 11 is 0. The van der Waals surface area contributed by atoms with E-state index in [9.17, 15) is 0 Å². The predicted molar refractivity (Wildman–Crippen MR) is 101 cm³/mol. The Balaban J connectivity index is 2.02. The van der Waals surface area contributed by atoms with Gasteiger partial charge in [-0.15, -0.1) is 0 Å². The van der Waals surface area contributed by atoms with Crippen LogP contribution < -0.4 is 11.5 Å². The van der Waals surface area contributed by atoms with Crippen molar-refractivity contribution in [2.45, 2.75) is 104 Å². The van der Waals surface area contributed by atoms with E-state index in [1.54, 1.807) is 0 Å². The van der Waals surface area contributed by atoms with Crippen molar-refractivity contribution in [3.8, 4) is 0 Å². The molecule has 0 bridgehead atoms. The fourth-order valence-electron chi connectivity index (χ4n) is 6.02. The van der Waals surface area contributed by atoms with Crippen molar-refractivity contribution in [1.29, 1.82) is 0 Å². The van der Waals surface area contributed by atoms with E-state index in [-0.39, 0.29) is 0 Å². The largest absolute Gasteiger partial charge is 0.327 e. The van der Waals surface area contributed by atoms with Crippen molar-refractivity contribution in [3.05, 3.63) is 0 Å². The second kappa shape index (κ2) is 8.34. The summed E-state index contributed by atoms with van der Waals surface area (Å²) < 4.78 is 0. The van der Waals surface area contributed by atoms with Crippen molar-refractivity contribution in [3.63, 3.8) is 0 Å². The van der Waals surface area contributed by atoms with Crippen molar-refractivity contribution in [2.24, 2.45) is 40.6 Å². The molecule has 6 unspecified atom stereocenters. The minimum Gasteiger partial charge on any atom is -0.327 e. The molecule has 0 radical (unpaired) electrons. The molecule has 2 nitrogen and oxygen atoms in total. The van der Waals surface area contributed by atoms with Crippen LogP contribution in [-0.2, 0) is 0 Å². The molecule has 2 fully saturated rings. The Morgan fingerprint density at radius 3 is 2.00 bits per heavy atom. The molecule has 0 aromatic rings. The van der Waals surface area contributed by atoms with Gasteiger partial charge in [0.1, 0.15) is 0 Å². The van der Waals surface area contributed by atoms with Crippen LogP contribution >= 0.6 is 0 Å².